The predicted molar refractivity (Wildman–Crippen MR) is 127 cm³/mol. The number of ether oxygens (including phenoxy) is 2. The fourth-order valence-corrected chi connectivity index (χ4v) is 3.69. The second kappa shape index (κ2) is 12.7. The average molecular weight is 441 g/mol. The Balaban J connectivity index is 2.22. The largest absolute Gasteiger partial charge is 0.493 e. The van der Waals surface area contributed by atoms with Gasteiger partial charge in [-0.25, -0.2) is 0 Å². The monoisotopic (exact) mass is 440 g/mol. The third-order valence-corrected chi connectivity index (χ3v) is 5.61. The topological polar surface area (TPSA) is 67.9 Å². The summed E-state index contributed by atoms with van der Waals surface area (Å²) in [6.07, 6.45) is 2.27. The summed E-state index contributed by atoms with van der Waals surface area (Å²) >= 11 is 0. The number of hydrogen-bond donors (Lipinski definition) is 1. The third kappa shape index (κ3) is 6.74. The summed E-state index contributed by atoms with van der Waals surface area (Å²) in [7, 11) is 3.19. The van der Waals surface area contributed by atoms with Gasteiger partial charge < -0.3 is 19.7 Å². The van der Waals surface area contributed by atoms with Crippen LogP contribution in [0.4, 0.5) is 0 Å². The fourth-order valence-electron chi connectivity index (χ4n) is 3.69. The number of carbonyl (C=O) groups is 2. The van der Waals surface area contributed by atoms with Crippen LogP contribution in [0, 0.1) is 6.92 Å². The van der Waals surface area contributed by atoms with Gasteiger partial charge in [-0.3, -0.25) is 9.59 Å². The van der Waals surface area contributed by atoms with Gasteiger partial charge in [0.2, 0.25) is 11.8 Å². The van der Waals surface area contributed by atoms with E-state index in [0.717, 1.165) is 23.1 Å². The zero-order valence-electron chi connectivity index (χ0n) is 19.9. The van der Waals surface area contributed by atoms with Gasteiger partial charge in [0.15, 0.2) is 11.5 Å². The molecule has 0 radical (unpaired) electrons. The number of rotatable bonds is 12. The first-order valence-corrected chi connectivity index (χ1v) is 11.3. The Labute approximate surface area is 191 Å². The minimum Gasteiger partial charge on any atom is -0.493 e. The van der Waals surface area contributed by atoms with E-state index in [9.17, 15) is 9.59 Å². The first-order valence-electron chi connectivity index (χ1n) is 11.3. The van der Waals surface area contributed by atoms with Crippen LogP contribution in [0.15, 0.2) is 42.5 Å². The van der Waals surface area contributed by atoms with Crippen molar-refractivity contribution < 1.29 is 19.1 Å². The van der Waals surface area contributed by atoms with Crippen LogP contribution >= 0.6 is 0 Å². The number of benzene rings is 2. The van der Waals surface area contributed by atoms with Crippen molar-refractivity contribution in [1.29, 1.82) is 0 Å². The molecule has 1 N–H and O–H groups in total. The number of amides is 2. The van der Waals surface area contributed by atoms with Crippen LogP contribution in [0.1, 0.15) is 49.8 Å². The standard InChI is InChI=1S/C26H36N2O4/c1-6-16-27-26(30)22(7-2)28(18-21-11-9-8-10-19(21)3)25(29)15-13-20-12-14-23(31-4)24(17-20)32-5/h8-12,14,17,22H,6-7,13,15-16,18H2,1-5H3,(H,27,30). The van der Waals surface area contributed by atoms with Gasteiger partial charge in [0.25, 0.3) is 0 Å². The SMILES string of the molecule is CCCNC(=O)C(CC)N(Cc1ccccc1C)C(=O)CCc1ccc(OC)c(OC)c1. The van der Waals surface area contributed by atoms with Gasteiger partial charge in [0.05, 0.1) is 14.2 Å². The molecule has 0 fully saturated rings. The molecule has 0 aliphatic heterocycles. The van der Waals surface area contributed by atoms with Crippen LogP contribution in [0.3, 0.4) is 0 Å². The van der Waals surface area contributed by atoms with Crippen molar-refractivity contribution in [2.75, 3.05) is 20.8 Å². The molecule has 32 heavy (non-hydrogen) atoms. The normalized spacial score (nSPS) is 11.5. The predicted octanol–water partition coefficient (Wildman–Crippen LogP) is 4.28. The first kappa shape index (κ1) is 25.2. The van der Waals surface area contributed by atoms with Gasteiger partial charge >= 0.3 is 0 Å². The van der Waals surface area contributed by atoms with Crippen molar-refractivity contribution >= 4 is 11.8 Å². The van der Waals surface area contributed by atoms with Crippen LogP contribution in [0.25, 0.3) is 0 Å². The summed E-state index contributed by atoms with van der Waals surface area (Å²) in [5.74, 6) is 1.16. The lowest BCUT2D eigenvalue weighted by molar-refractivity contribution is -0.141. The third-order valence-electron chi connectivity index (χ3n) is 5.61. The molecule has 2 aromatic carbocycles. The van der Waals surface area contributed by atoms with E-state index in [2.05, 4.69) is 5.32 Å². The molecular formula is C26H36N2O4. The molecule has 0 bridgehead atoms. The average Bonchev–Trinajstić information content (AvgIpc) is 2.81. The fraction of sp³-hybridized carbons (Fsp3) is 0.462. The van der Waals surface area contributed by atoms with E-state index < -0.39 is 6.04 Å². The molecule has 2 rings (SSSR count). The van der Waals surface area contributed by atoms with Gasteiger partial charge in [-0.1, -0.05) is 44.2 Å². The van der Waals surface area contributed by atoms with E-state index in [-0.39, 0.29) is 11.8 Å². The Bertz CT molecular complexity index is 897. The van der Waals surface area contributed by atoms with E-state index in [0.29, 0.717) is 43.9 Å². The highest BCUT2D eigenvalue weighted by molar-refractivity contribution is 5.87. The smallest absolute Gasteiger partial charge is 0.242 e. The molecule has 174 valence electrons. The van der Waals surface area contributed by atoms with Crippen molar-refractivity contribution in [3.05, 3.63) is 59.2 Å². The Morgan fingerprint density at radius 3 is 2.38 bits per heavy atom. The molecule has 2 amide bonds. The number of nitrogens with zero attached hydrogens (tertiary/aromatic N) is 1. The van der Waals surface area contributed by atoms with E-state index >= 15 is 0 Å². The Hall–Kier alpha value is -3.02. The molecule has 0 saturated carbocycles. The molecule has 0 aliphatic rings. The summed E-state index contributed by atoms with van der Waals surface area (Å²) in [5, 5.41) is 2.96. The van der Waals surface area contributed by atoms with Crippen LogP contribution < -0.4 is 14.8 Å². The minimum absolute atomic E-state index is 0.0402. The Morgan fingerprint density at radius 1 is 1.03 bits per heavy atom. The summed E-state index contributed by atoms with van der Waals surface area (Å²) in [6, 6.07) is 13.2. The molecule has 2 aromatic rings. The lowest BCUT2D eigenvalue weighted by atomic mass is 10.0. The molecule has 0 aliphatic carbocycles. The number of hydrogen-bond acceptors (Lipinski definition) is 4. The lowest BCUT2D eigenvalue weighted by Crippen LogP contribution is -2.49. The van der Waals surface area contributed by atoms with Gasteiger partial charge in [-0.05, 0) is 55.0 Å². The zero-order chi connectivity index (χ0) is 23.5. The Morgan fingerprint density at radius 2 is 1.75 bits per heavy atom. The van der Waals surface area contributed by atoms with Crippen LogP contribution in [0.5, 0.6) is 11.5 Å². The van der Waals surface area contributed by atoms with Gasteiger partial charge in [0, 0.05) is 19.5 Å². The highest BCUT2D eigenvalue weighted by Gasteiger charge is 2.28. The zero-order valence-corrected chi connectivity index (χ0v) is 19.9. The highest BCUT2D eigenvalue weighted by Crippen LogP contribution is 2.28. The molecule has 0 aromatic heterocycles. The van der Waals surface area contributed by atoms with E-state index in [1.165, 1.54) is 0 Å². The van der Waals surface area contributed by atoms with Crippen molar-refractivity contribution in [3.8, 4) is 11.5 Å². The number of carbonyl (C=O) groups excluding carboxylic acids is 2. The quantitative estimate of drug-likeness (QED) is 0.535. The Kier molecular flexibility index (Phi) is 10.1. The first-order chi connectivity index (χ1) is 15.4. The van der Waals surface area contributed by atoms with Crippen LogP contribution in [0.2, 0.25) is 0 Å². The van der Waals surface area contributed by atoms with Crippen LogP contribution in [-0.4, -0.2) is 43.5 Å². The number of nitrogens with one attached hydrogen (secondary N) is 1. The molecule has 0 spiro atoms. The molecular weight excluding hydrogens is 404 g/mol. The molecule has 0 saturated heterocycles. The van der Waals surface area contributed by atoms with E-state index in [4.69, 9.17) is 9.47 Å². The highest BCUT2D eigenvalue weighted by atomic mass is 16.5. The second-order valence-electron chi connectivity index (χ2n) is 7.85. The molecule has 0 heterocycles. The van der Waals surface area contributed by atoms with Crippen molar-refractivity contribution in [2.45, 2.75) is 59.0 Å². The summed E-state index contributed by atoms with van der Waals surface area (Å²) < 4.78 is 10.7. The number of aryl methyl sites for hydroxylation is 2. The summed E-state index contributed by atoms with van der Waals surface area (Å²) in [6.45, 7) is 7.01. The van der Waals surface area contributed by atoms with Crippen LogP contribution in [-0.2, 0) is 22.6 Å². The number of methoxy groups -OCH3 is 2. The van der Waals surface area contributed by atoms with E-state index in [1.54, 1.807) is 19.1 Å². The van der Waals surface area contributed by atoms with Crippen molar-refractivity contribution in [3.63, 3.8) is 0 Å². The van der Waals surface area contributed by atoms with Gasteiger partial charge in [-0.15, -0.1) is 0 Å². The summed E-state index contributed by atoms with van der Waals surface area (Å²) in [4.78, 5) is 28.0. The lowest BCUT2D eigenvalue weighted by Gasteiger charge is -2.31. The minimum atomic E-state index is -0.501. The molecule has 1 atom stereocenters. The van der Waals surface area contributed by atoms with Crippen molar-refractivity contribution in [1.82, 2.24) is 10.2 Å². The van der Waals surface area contributed by atoms with Crippen molar-refractivity contribution in [2.24, 2.45) is 0 Å². The van der Waals surface area contributed by atoms with E-state index in [1.807, 2.05) is 63.2 Å². The molecule has 6 heteroatoms. The maximum absolute atomic E-state index is 13.4. The van der Waals surface area contributed by atoms with Gasteiger partial charge in [-0.2, -0.15) is 0 Å². The second-order valence-corrected chi connectivity index (χ2v) is 7.85. The summed E-state index contributed by atoms with van der Waals surface area (Å²) in [5.41, 5.74) is 3.14. The maximum atomic E-state index is 13.4. The molecule has 1 unspecified atom stereocenters. The molecule has 6 nitrogen and oxygen atoms in total. The van der Waals surface area contributed by atoms with Gasteiger partial charge in [0.1, 0.15) is 6.04 Å². The maximum Gasteiger partial charge on any atom is 0.242 e.